The third-order valence-corrected chi connectivity index (χ3v) is 4.26. The van der Waals surface area contributed by atoms with E-state index in [0.717, 1.165) is 10.4 Å². The number of rotatable bonds is 5. The van der Waals surface area contributed by atoms with Gasteiger partial charge in [0.2, 0.25) is 5.75 Å². The van der Waals surface area contributed by atoms with Gasteiger partial charge in [0.25, 0.3) is 0 Å². The van der Waals surface area contributed by atoms with Gasteiger partial charge in [-0.1, -0.05) is 11.6 Å². The molecular weight excluding hydrogens is 298 g/mol. The van der Waals surface area contributed by atoms with Crippen LogP contribution in [0.25, 0.3) is 0 Å². The fraction of sp³-hybridized carbons (Fsp3) is 0.286. The Morgan fingerprint density at radius 2 is 1.65 bits per heavy atom. The largest absolute Gasteiger partial charge is 0.493 e. The zero-order chi connectivity index (χ0) is 14.7. The molecule has 0 aliphatic carbocycles. The summed E-state index contributed by atoms with van der Waals surface area (Å²) in [6, 6.07) is 7.15. The summed E-state index contributed by atoms with van der Waals surface area (Å²) in [5, 5.41) is 0. The van der Waals surface area contributed by atoms with Gasteiger partial charge in [-0.25, -0.2) is 0 Å². The average Bonchev–Trinajstić information content (AvgIpc) is 2.91. The SMILES string of the molecule is COc1cc(C(N)c2ccc(Cl)s2)cc(OC)c1OC. The van der Waals surface area contributed by atoms with Crippen LogP contribution in [0.5, 0.6) is 17.2 Å². The lowest BCUT2D eigenvalue weighted by atomic mass is 10.0. The van der Waals surface area contributed by atoms with Crippen LogP contribution in [-0.2, 0) is 0 Å². The number of hydrogen-bond acceptors (Lipinski definition) is 5. The molecule has 0 radical (unpaired) electrons. The summed E-state index contributed by atoms with van der Waals surface area (Å²) >= 11 is 7.41. The average molecular weight is 314 g/mol. The maximum atomic E-state index is 6.27. The molecule has 0 saturated heterocycles. The summed E-state index contributed by atoms with van der Waals surface area (Å²) in [5.74, 6) is 1.72. The Bertz CT molecular complexity index is 575. The van der Waals surface area contributed by atoms with E-state index in [2.05, 4.69) is 0 Å². The van der Waals surface area contributed by atoms with Crippen LogP contribution in [0.4, 0.5) is 0 Å². The molecule has 0 aliphatic rings. The molecule has 1 atom stereocenters. The third kappa shape index (κ3) is 2.85. The molecule has 2 aromatic rings. The van der Waals surface area contributed by atoms with Gasteiger partial charge >= 0.3 is 0 Å². The number of nitrogens with two attached hydrogens (primary N) is 1. The Labute approximate surface area is 127 Å². The van der Waals surface area contributed by atoms with Crippen molar-refractivity contribution in [2.45, 2.75) is 6.04 Å². The zero-order valence-corrected chi connectivity index (χ0v) is 13.0. The summed E-state index contributed by atoms with van der Waals surface area (Å²) in [5.41, 5.74) is 7.14. The van der Waals surface area contributed by atoms with Crippen LogP contribution >= 0.6 is 22.9 Å². The van der Waals surface area contributed by atoms with E-state index in [0.29, 0.717) is 21.6 Å². The van der Waals surface area contributed by atoms with Crippen molar-refractivity contribution in [1.82, 2.24) is 0 Å². The first-order valence-corrected chi connectivity index (χ1v) is 7.10. The highest BCUT2D eigenvalue weighted by Gasteiger charge is 2.18. The minimum Gasteiger partial charge on any atom is -0.493 e. The van der Waals surface area contributed by atoms with Crippen molar-refractivity contribution in [3.05, 3.63) is 39.0 Å². The molecule has 0 fully saturated rings. The number of halogens is 1. The van der Waals surface area contributed by atoms with Crippen LogP contribution < -0.4 is 19.9 Å². The van der Waals surface area contributed by atoms with E-state index < -0.39 is 0 Å². The highest BCUT2D eigenvalue weighted by atomic mass is 35.5. The van der Waals surface area contributed by atoms with Crippen LogP contribution in [0.1, 0.15) is 16.5 Å². The lowest BCUT2D eigenvalue weighted by Crippen LogP contribution is -2.11. The molecule has 2 N–H and O–H groups in total. The highest BCUT2D eigenvalue weighted by molar-refractivity contribution is 7.16. The van der Waals surface area contributed by atoms with E-state index in [1.807, 2.05) is 24.3 Å². The maximum Gasteiger partial charge on any atom is 0.203 e. The fourth-order valence-corrected chi connectivity index (χ4v) is 3.03. The number of benzene rings is 1. The van der Waals surface area contributed by atoms with Crippen molar-refractivity contribution in [3.8, 4) is 17.2 Å². The lowest BCUT2D eigenvalue weighted by molar-refractivity contribution is 0.323. The van der Waals surface area contributed by atoms with E-state index in [1.165, 1.54) is 11.3 Å². The number of ether oxygens (including phenoxy) is 3. The Morgan fingerprint density at radius 3 is 2.05 bits per heavy atom. The Morgan fingerprint density at radius 1 is 1.05 bits per heavy atom. The van der Waals surface area contributed by atoms with Crippen LogP contribution in [0, 0.1) is 0 Å². The highest BCUT2D eigenvalue weighted by Crippen LogP contribution is 2.41. The van der Waals surface area contributed by atoms with Gasteiger partial charge in [0.05, 0.1) is 31.7 Å². The summed E-state index contributed by atoms with van der Waals surface area (Å²) in [6.07, 6.45) is 0. The number of hydrogen-bond donors (Lipinski definition) is 1. The van der Waals surface area contributed by atoms with Crippen molar-refractivity contribution in [2.24, 2.45) is 5.73 Å². The summed E-state index contributed by atoms with van der Waals surface area (Å²) in [4.78, 5) is 0.976. The van der Waals surface area contributed by atoms with Gasteiger partial charge in [0.1, 0.15) is 0 Å². The van der Waals surface area contributed by atoms with Crippen molar-refractivity contribution < 1.29 is 14.2 Å². The maximum absolute atomic E-state index is 6.27. The van der Waals surface area contributed by atoms with Gasteiger partial charge in [-0.15, -0.1) is 11.3 Å². The molecular formula is C14H16ClNO3S. The number of thiophene rings is 1. The third-order valence-electron chi connectivity index (χ3n) is 2.95. The van der Waals surface area contributed by atoms with Gasteiger partial charge < -0.3 is 19.9 Å². The predicted molar refractivity (Wildman–Crippen MR) is 81.5 cm³/mol. The first-order valence-electron chi connectivity index (χ1n) is 5.91. The minimum absolute atomic E-state index is 0.291. The molecule has 0 bridgehead atoms. The Balaban J connectivity index is 2.46. The van der Waals surface area contributed by atoms with Gasteiger partial charge in [-0.2, -0.15) is 0 Å². The molecule has 4 nitrogen and oxygen atoms in total. The second-order valence-corrected chi connectivity index (χ2v) is 5.82. The molecule has 1 heterocycles. The molecule has 1 aromatic carbocycles. The molecule has 2 rings (SSSR count). The van der Waals surface area contributed by atoms with Gasteiger partial charge in [-0.05, 0) is 29.8 Å². The summed E-state index contributed by atoms with van der Waals surface area (Å²) in [6.45, 7) is 0. The minimum atomic E-state index is -0.291. The van der Waals surface area contributed by atoms with Crippen LogP contribution in [0.2, 0.25) is 4.34 Å². The molecule has 0 saturated carbocycles. The molecule has 108 valence electrons. The van der Waals surface area contributed by atoms with Crippen molar-refractivity contribution in [2.75, 3.05) is 21.3 Å². The number of methoxy groups -OCH3 is 3. The smallest absolute Gasteiger partial charge is 0.203 e. The Hall–Kier alpha value is -1.43. The van der Waals surface area contributed by atoms with Gasteiger partial charge in [-0.3, -0.25) is 0 Å². The standard InChI is InChI=1S/C14H16ClNO3S/c1-17-9-6-8(7-10(18-2)14(9)19-3)13(16)11-4-5-12(15)20-11/h4-7,13H,16H2,1-3H3. The van der Waals surface area contributed by atoms with Crippen LogP contribution in [-0.4, -0.2) is 21.3 Å². The quantitative estimate of drug-likeness (QED) is 0.918. The van der Waals surface area contributed by atoms with Crippen molar-refractivity contribution in [3.63, 3.8) is 0 Å². The Kier molecular flexibility index (Phi) is 4.75. The molecule has 0 aliphatic heterocycles. The van der Waals surface area contributed by atoms with E-state index in [9.17, 15) is 0 Å². The first kappa shape index (κ1) is 15.0. The molecule has 0 spiro atoms. The summed E-state index contributed by atoms with van der Waals surface area (Å²) < 4.78 is 16.7. The molecule has 1 aromatic heterocycles. The van der Waals surface area contributed by atoms with E-state index in [-0.39, 0.29) is 6.04 Å². The van der Waals surface area contributed by atoms with Crippen molar-refractivity contribution in [1.29, 1.82) is 0 Å². The zero-order valence-electron chi connectivity index (χ0n) is 11.5. The normalized spacial score (nSPS) is 12.1. The monoisotopic (exact) mass is 313 g/mol. The molecule has 0 amide bonds. The van der Waals surface area contributed by atoms with Crippen LogP contribution in [0.3, 0.4) is 0 Å². The lowest BCUT2D eigenvalue weighted by Gasteiger charge is -2.17. The van der Waals surface area contributed by atoms with E-state index in [1.54, 1.807) is 21.3 Å². The van der Waals surface area contributed by atoms with Gasteiger partial charge in [0, 0.05) is 4.88 Å². The second-order valence-electron chi connectivity index (χ2n) is 4.08. The van der Waals surface area contributed by atoms with E-state index in [4.69, 9.17) is 31.5 Å². The molecule has 1 unspecified atom stereocenters. The fourth-order valence-electron chi connectivity index (χ4n) is 1.94. The van der Waals surface area contributed by atoms with E-state index >= 15 is 0 Å². The van der Waals surface area contributed by atoms with Crippen LogP contribution in [0.15, 0.2) is 24.3 Å². The van der Waals surface area contributed by atoms with Gasteiger partial charge in [0.15, 0.2) is 11.5 Å². The molecule has 20 heavy (non-hydrogen) atoms. The summed E-state index contributed by atoms with van der Waals surface area (Å²) in [7, 11) is 4.72. The van der Waals surface area contributed by atoms with Crippen molar-refractivity contribution >= 4 is 22.9 Å². The predicted octanol–water partition coefficient (Wildman–Crippen LogP) is 3.48. The first-order chi connectivity index (χ1) is 9.60. The second kappa shape index (κ2) is 6.35. The topological polar surface area (TPSA) is 53.7 Å². The molecule has 6 heteroatoms.